The quantitative estimate of drug-likeness (QED) is 0.860. The Labute approximate surface area is 122 Å². The van der Waals surface area contributed by atoms with Crippen molar-refractivity contribution in [3.63, 3.8) is 0 Å². The summed E-state index contributed by atoms with van der Waals surface area (Å²) in [7, 11) is 1.46. The molecule has 0 aliphatic heterocycles. The molecule has 0 atom stereocenters. The molecule has 0 unspecified atom stereocenters. The Morgan fingerprint density at radius 3 is 2.48 bits per heavy atom. The number of hydrogen-bond acceptors (Lipinski definition) is 4. The van der Waals surface area contributed by atoms with E-state index in [1.165, 1.54) is 11.6 Å². The molecule has 0 bridgehead atoms. The van der Waals surface area contributed by atoms with Gasteiger partial charge in [0.15, 0.2) is 0 Å². The number of rotatable bonds is 5. The molecule has 0 radical (unpaired) electrons. The van der Waals surface area contributed by atoms with Crippen LogP contribution in [0.2, 0.25) is 0 Å². The minimum atomic E-state index is -0.414. The molecule has 0 spiro atoms. The maximum atomic E-state index is 12.3. The molecule has 6 nitrogen and oxygen atoms in total. The van der Waals surface area contributed by atoms with Gasteiger partial charge in [0.25, 0.3) is 5.56 Å². The van der Waals surface area contributed by atoms with Crippen LogP contribution in [-0.2, 0) is 13.6 Å². The summed E-state index contributed by atoms with van der Waals surface area (Å²) in [5.41, 5.74) is 6.46. The molecule has 0 aliphatic rings. The highest BCUT2D eigenvalue weighted by molar-refractivity contribution is 5.60. The molecule has 0 aliphatic carbocycles. The van der Waals surface area contributed by atoms with E-state index in [1.807, 2.05) is 37.3 Å². The fourth-order valence-electron chi connectivity index (χ4n) is 2.12. The van der Waals surface area contributed by atoms with Gasteiger partial charge in [0.05, 0.1) is 6.54 Å². The molecule has 0 amide bonds. The number of benzene rings is 1. The van der Waals surface area contributed by atoms with Crippen molar-refractivity contribution in [2.45, 2.75) is 19.9 Å². The predicted octanol–water partition coefficient (Wildman–Crippen LogP) is 0.999. The minimum absolute atomic E-state index is 0.181. The fourth-order valence-corrected chi connectivity index (χ4v) is 2.12. The van der Waals surface area contributed by atoms with Crippen LogP contribution in [0.25, 0.3) is 0 Å². The largest absolute Gasteiger partial charge is 0.383 e. The zero-order chi connectivity index (χ0) is 15.4. The van der Waals surface area contributed by atoms with Crippen LogP contribution in [0.4, 0.5) is 11.5 Å². The van der Waals surface area contributed by atoms with Gasteiger partial charge in [-0.15, -0.1) is 0 Å². The molecule has 0 saturated heterocycles. The highest BCUT2D eigenvalue weighted by Gasteiger charge is 2.14. The Kier molecular flexibility index (Phi) is 4.47. The van der Waals surface area contributed by atoms with E-state index in [0.29, 0.717) is 13.1 Å². The van der Waals surface area contributed by atoms with E-state index in [2.05, 4.69) is 5.32 Å². The summed E-state index contributed by atoms with van der Waals surface area (Å²) in [4.78, 5) is 24.4. The molecular formula is C15H20N4O2. The van der Waals surface area contributed by atoms with Gasteiger partial charge in [0, 0.05) is 13.6 Å². The maximum absolute atomic E-state index is 12.3. The molecule has 6 heteroatoms. The smallest absolute Gasteiger partial charge is 0.332 e. The topological polar surface area (TPSA) is 82.0 Å². The molecule has 112 valence electrons. The molecule has 1 aromatic carbocycles. The van der Waals surface area contributed by atoms with E-state index in [9.17, 15) is 9.59 Å². The number of anilines is 2. The monoisotopic (exact) mass is 288 g/mol. The van der Waals surface area contributed by atoms with Gasteiger partial charge in [-0.2, -0.15) is 0 Å². The number of nitrogen functional groups attached to an aromatic ring is 1. The van der Waals surface area contributed by atoms with E-state index in [1.54, 1.807) is 0 Å². The average molecular weight is 288 g/mol. The third-order valence-electron chi connectivity index (χ3n) is 3.32. The molecule has 2 aromatic rings. The van der Waals surface area contributed by atoms with E-state index in [4.69, 9.17) is 5.73 Å². The first kappa shape index (κ1) is 14.9. The number of nitrogens with two attached hydrogens (primary N) is 1. The summed E-state index contributed by atoms with van der Waals surface area (Å²) >= 11 is 0. The van der Waals surface area contributed by atoms with Crippen molar-refractivity contribution in [3.05, 3.63) is 56.7 Å². The Balaban J connectivity index is 2.52. The molecular weight excluding hydrogens is 268 g/mol. The molecule has 1 heterocycles. The average Bonchev–Trinajstić information content (AvgIpc) is 2.51. The summed E-state index contributed by atoms with van der Waals surface area (Å²) in [6.45, 7) is 2.96. The standard InChI is InChI=1S/C15H20N4O2/c1-3-9-17-12-13(16)19(15(21)18(2)14(12)20)10-11-7-5-4-6-8-11/h4-8,17H,3,9-10,16H2,1-2H3. The van der Waals surface area contributed by atoms with Gasteiger partial charge in [-0.25, -0.2) is 4.79 Å². The van der Waals surface area contributed by atoms with Crippen LogP contribution < -0.4 is 22.3 Å². The Morgan fingerprint density at radius 1 is 1.19 bits per heavy atom. The molecule has 21 heavy (non-hydrogen) atoms. The van der Waals surface area contributed by atoms with Crippen LogP contribution >= 0.6 is 0 Å². The molecule has 0 fully saturated rings. The van der Waals surface area contributed by atoms with E-state index in [0.717, 1.165) is 16.6 Å². The number of aromatic nitrogens is 2. The lowest BCUT2D eigenvalue weighted by Gasteiger charge is -2.16. The van der Waals surface area contributed by atoms with Crippen molar-refractivity contribution in [2.75, 3.05) is 17.6 Å². The van der Waals surface area contributed by atoms with Gasteiger partial charge >= 0.3 is 5.69 Å². The van der Waals surface area contributed by atoms with E-state index < -0.39 is 11.2 Å². The Morgan fingerprint density at radius 2 is 1.86 bits per heavy atom. The van der Waals surface area contributed by atoms with E-state index in [-0.39, 0.29) is 11.5 Å². The lowest BCUT2D eigenvalue weighted by molar-refractivity contribution is 0.656. The van der Waals surface area contributed by atoms with Crippen LogP contribution in [0.3, 0.4) is 0 Å². The normalized spacial score (nSPS) is 10.6. The Bertz CT molecular complexity index is 732. The summed E-state index contributed by atoms with van der Waals surface area (Å²) in [5, 5.41) is 3.01. The minimum Gasteiger partial charge on any atom is -0.383 e. The van der Waals surface area contributed by atoms with Gasteiger partial charge in [-0.3, -0.25) is 13.9 Å². The predicted molar refractivity (Wildman–Crippen MR) is 84.7 cm³/mol. The van der Waals surface area contributed by atoms with Gasteiger partial charge in [0.1, 0.15) is 11.5 Å². The van der Waals surface area contributed by atoms with Crippen molar-refractivity contribution in [1.29, 1.82) is 0 Å². The lowest BCUT2D eigenvalue weighted by atomic mass is 10.2. The molecule has 1 aromatic heterocycles. The van der Waals surface area contributed by atoms with Crippen molar-refractivity contribution in [2.24, 2.45) is 7.05 Å². The van der Waals surface area contributed by atoms with Crippen LogP contribution in [0.5, 0.6) is 0 Å². The first-order valence-corrected chi connectivity index (χ1v) is 6.93. The van der Waals surface area contributed by atoms with Crippen molar-refractivity contribution >= 4 is 11.5 Å². The van der Waals surface area contributed by atoms with Gasteiger partial charge in [-0.1, -0.05) is 37.3 Å². The van der Waals surface area contributed by atoms with Crippen molar-refractivity contribution in [3.8, 4) is 0 Å². The summed E-state index contributed by atoms with van der Waals surface area (Å²) < 4.78 is 2.49. The number of nitrogens with zero attached hydrogens (tertiary/aromatic N) is 2. The molecule has 0 saturated carbocycles. The maximum Gasteiger partial charge on any atom is 0.332 e. The lowest BCUT2D eigenvalue weighted by Crippen LogP contribution is -2.41. The highest BCUT2D eigenvalue weighted by Crippen LogP contribution is 2.12. The molecule has 2 rings (SSSR count). The second kappa shape index (κ2) is 6.30. The van der Waals surface area contributed by atoms with Crippen molar-refractivity contribution in [1.82, 2.24) is 9.13 Å². The van der Waals surface area contributed by atoms with Crippen LogP contribution in [0.1, 0.15) is 18.9 Å². The number of nitrogens with one attached hydrogen (secondary N) is 1. The summed E-state index contributed by atoms with van der Waals surface area (Å²) in [6, 6.07) is 9.53. The zero-order valence-electron chi connectivity index (χ0n) is 12.3. The molecule has 3 N–H and O–H groups in total. The summed E-state index contributed by atoms with van der Waals surface area (Å²) in [6.07, 6.45) is 0.862. The Hall–Kier alpha value is -2.50. The summed E-state index contributed by atoms with van der Waals surface area (Å²) in [5.74, 6) is 0.181. The fraction of sp³-hybridized carbons (Fsp3) is 0.333. The van der Waals surface area contributed by atoms with Crippen LogP contribution in [-0.4, -0.2) is 15.7 Å². The highest BCUT2D eigenvalue weighted by atomic mass is 16.2. The second-order valence-corrected chi connectivity index (χ2v) is 4.91. The first-order chi connectivity index (χ1) is 10.1. The first-order valence-electron chi connectivity index (χ1n) is 6.93. The third kappa shape index (κ3) is 2.99. The van der Waals surface area contributed by atoms with E-state index >= 15 is 0 Å². The number of hydrogen-bond donors (Lipinski definition) is 2. The van der Waals surface area contributed by atoms with Crippen LogP contribution in [0, 0.1) is 0 Å². The van der Waals surface area contributed by atoms with Crippen LogP contribution in [0.15, 0.2) is 39.9 Å². The van der Waals surface area contributed by atoms with Crippen molar-refractivity contribution < 1.29 is 0 Å². The van der Waals surface area contributed by atoms with Gasteiger partial charge in [0.2, 0.25) is 0 Å². The SMILES string of the molecule is CCCNc1c(N)n(Cc2ccccc2)c(=O)n(C)c1=O. The third-order valence-corrected chi connectivity index (χ3v) is 3.32. The zero-order valence-corrected chi connectivity index (χ0v) is 12.3. The van der Waals surface area contributed by atoms with Gasteiger partial charge < -0.3 is 11.1 Å². The van der Waals surface area contributed by atoms with Gasteiger partial charge in [-0.05, 0) is 12.0 Å². The second-order valence-electron chi connectivity index (χ2n) is 4.91.